The molecule has 0 bridgehead atoms. The van der Waals surface area contributed by atoms with Crippen LogP contribution in [0.15, 0.2) is 24.3 Å². The molecule has 1 fully saturated rings. The van der Waals surface area contributed by atoms with Crippen LogP contribution in [0.4, 0.5) is 4.79 Å². The van der Waals surface area contributed by atoms with E-state index in [2.05, 4.69) is 10.2 Å². The van der Waals surface area contributed by atoms with Crippen LogP contribution >= 0.6 is 0 Å². The number of hydrogen-bond donors (Lipinski definition) is 1. The van der Waals surface area contributed by atoms with Crippen LogP contribution in [-0.2, 0) is 16.0 Å². The first kappa shape index (κ1) is 23.2. The number of hydrogen-bond acceptors (Lipinski definition) is 5. The second-order valence-corrected chi connectivity index (χ2v) is 8.86. The van der Waals surface area contributed by atoms with Crippen molar-refractivity contribution in [1.82, 2.24) is 15.1 Å². The van der Waals surface area contributed by atoms with E-state index in [1.54, 1.807) is 7.11 Å². The van der Waals surface area contributed by atoms with E-state index >= 15 is 0 Å². The number of carbonyl (C=O) groups excluding carboxylic acids is 2. The van der Waals surface area contributed by atoms with E-state index in [1.165, 1.54) is 0 Å². The van der Waals surface area contributed by atoms with Crippen molar-refractivity contribution in [3.63, 3.8) is 0 Å². The summed E-state index contributed by atoms with van der Waals surface area (Å²) in [7, 11) is 5.69. The minimum absolute atomic E-state index is 0.0175. The third kappa shape index (κ3) is 7.33. The molecule has 1 aliphatic heterocycles. The lowest BCUT2D eigenvalue weighted by molar-refractivity contribution is 0.00974. The fourth-order valence-electron chi connectivity index (χ4n) is 3.54. The van der Waals surface area contributed by atoms with Crippen molar-refractivity contribution in [2.45, 2.75) is 57.9 Å². The number of ether oxygens (including phenoxy) is 2. The number of alkyl carbamates (subject to hydrolysis) is 1. The molecule has 2 rings (SSSR count). The van der Waals surface area contributed by atoms with Gasteiger partial charge in [-0.15, -0.1) is 0 Å². The summed E-state index contributed by atoms with van der Waals surface area (Å²) in [6, 6.07) is 7.59. The van der Waals surface area contributed by atoms with Gasteiger partial charge in [-0.2, -0.15) is 0 Å². The zero-order valence-corrected chi connectivity index (χ0v) is 18.5. The van der Waals surface area contributed by atoms with Crippen molar-refractivity contribution in [1.29, 1.82) is 0 Å². The number of amides is 2. The maximum absolute atomic E-state index is 13.2. The van der Waals surface area contributed by atoms with Crippen molar-refractivity contribution in [3.05, 3.63) is 35.4 Å². The first-order chi connectivity index (χ1) is 13.6. The molecule has 0 radical (unpaired) electrons. The molecular weight excluding hydrogens is 370 g/mol. The van der Waals surface area contributed by atoms with E-state index in [9.17, 15) is 9.59 Å². The van der Waals surface area contributed by atoms with Crippen molar-refractivity contribution in [3.8, 4) is 0 Å². The van der Waals surface area contributed by atoms with Gasteiger partial charge < -0.3 is 24.6 Å². The Morgan fingerprint density at radius 2 is 2.00 bits per heavy atom. The van der Waals surface area contributed by atoms with E-state index in [0.29, 0.717) is 25.1 Å². The van der Waals surface area contributed by atoms with Crippen molar-refractivity contribution in [2.75, 3.05) is 34.3 Å². The van der Waals surface area contributed by atoms with Gasteiger partial charge in [0.2, 0.25) is 0 Å². The van der Waals surface area contributed by atoms with Gasteiger partial charge in [-0.3, -0.25) is 4.79 Å². The lowest BCUT2D eigenvalue weighted by Gasteiger charge is -2.39. The number of likely N-dealkylation sites (tertiary alicyclic amines) is 1. The van der Waals surface area contributed by atoms with Crippen molar-refractivity contribution in [2.24, 2.45) is 0 Å². The summed E-state index contributed by atoms with van der Waals surface area (Å²) in [5, 5.41) is 2.81. The smallest absolute Gasteiger partial charge is 0.407 e. The van der Waals surface area contributed by atoms with E-state index in [0.717, 1.165) is 18.5 Å². The van der Waals surface area contributed by atoms with Gasteiger partial charge in [0, 0.05) is 32.3 Å². The predicted octanol–water partition coefficient (Wildman–Crippen LogP) is 2.89. The van der Waals surface area contributed by atoms with Gasteiger partial charge in [0.15, 0.2) is 0 Å². The fourth-order valence-corrected chi connectivity index (χ4v) is 3.54. The fraction of sp³-hybridized carbons (Fsp3) is 0.636. The number of nitrogens with zero attached hydrogens (tertiary/aromatic N) is 2. The largest absolute Gasteiger partial charge is 0.444 e. The van der Waals surface area contributed by atoms with Crippen LogP contribution in [0.2, 0.25) is 0 Å². The molecular formula is C22H35N3O4. The molecule has 7 heteroatoms. The molecule has 1 N–H and O–H groups in total. The van der Waals surface area contributed by atoms with Crippen molar-refractivity contribution < 1.29 is 19.1 Å². The average molecular weight is 406 g/mol. The van der Waals surface area contributed by atoms with Gasteiger partial charge in [-0.05, 0) is 65.4 Å². The molecule has 2 atom stereocenters. The Kier molecular flexibility index (Phi) is 8.05. The highest BCUT2D eigenvalue weighted by molar-refractivity contribution is 5.94. The monoisotopic (exact) mass is 405 g/mol. The number of rotatable bonds is 6. The number of piperidine rings is 1. The topological polar surface area (TPSA) is 71.1 Å². The van der Waals surface area contributed by atoms with Crippen LogP contribution in [0.25, 0.3) is 0 Å². The Hall–Kier alpha value is -2.12. The average Bonchev–Trinajstić information content (AvgIpc) is 2.64. The van der Waals surface area contributed by atoms with Crippen LogP contribution in [0.3, 0.4) is 0 Å². The van der Waals surface area contributed by atoms with Crippen LogP contribution in [-0.4, -0.2) is 73.8 Å². The molecule has 2 amide bonds. The Bertz CT molecular complexity index is 700. The first-order valence-corrected chi connectivity index (χ1v) is 10.1. The lowest BCUT2D eigenvalue weighted by atomic mass is 9.97. The van der Waals surface area contributed by atoms with Crippen LogP contribution in [0.1, 0.15) is 49.5 Å². The summed E-state index contributed by atoms with van der Waals surface area (Å²) >= 11 is 0. The minimum atomic E-state index is -0.561. The number of methoxy groups -OCH3 is 1. The number of nitrogens with one attached hydrogen (secondary N) is 1. The molecule has 1 aliphatic rings. The molecule has 162 valence electrons. The Morgan fingerprint density at radius 1 is 1.28 bits per heavy atom. The molecule has 29 heavy (non-hydrogen) atoms. The molecule has 0 aliphatic carbocycles. The minimum Gasteiger partial charge on any atom is -0.444 e. The van der Waals surface area contributed by atoms with Crippen LogP contribution in [0, 0.1) is 0 Å². The quantitative estimate of drug-likeness (QED) is 0.788. The summed E-state index contributed by atoms with van der Waals surface area (Å²) in [5.41, 5.74) is 1.20. The maximum Gasteiger partial charge on any atom is 0.407 e. The lowest BCUT2D eigenvalue weighted by Crippen LogP contribution is -2.53. The summed E-state index contributed by atoms with van der Waals surface area (Å²) < 4.78 is 10.8. The van der Waals surface area contributed by atoms with E-state index < -0.39 is 11.7 Å². The standard InChI is InChI=1S/C22H35N3O4/c1-22(2,3)29-21(27)23-14-18-13-19(28-6)10-11-25(18)20(26)17-9-7-8-16(12-17)15-24(4)5/h7-9,12,18-19H,10-11,13-15H2,1-6H3,(H,23,27)/t18-,19-/m0/s1. The van der Waals surface area contributed by atoms with Gasteiger partial charge in [0.1, 0.15) is 5.60 Å². The zero-order valence-electron chi connectivity index (χ0n) is 18.5. The van der Waals surface area contributed by atoms with Crippen LogP contribution in [0.5, 0.6) is 0 Å². The highest BCUT2D eigenvalue weighted by atomic mass is 16.6. The SMILES string of the molecule is CO[C@H]1CCN(C(=O)c2cccc(CN(C)C)c2)[C@H](CNC(=O)OC(C)(C)C)C1. The molecule has 0 aromatic heterocycles. The van der Waals surface area contributed by atoms with Gasteiger partial charge in [-0.25, -0.2) is 4.79 Å². The second-order valence-electron chi connectivity index (χ2n) is 8.86. The molecule has 1 aromatic rings. The molecule has 1 saturated heterocycles. The van der Waals surface area contributed by atoms with E-state index in [4.69, 9.17) is 9.47 Å². The zero-order chi connectivity index (χ0) is 21.6. The predicted molar refractivity (Wildman–Crippen MR) is 113 cm³/mol. The van der Waals surface area contributed by atoms with Gasteiger partial charge in [0.25, 0.3) is 5.91 Å². The van der Waals surface area contributed by atoms with Gasteiger partial charge in [-0.1, -0.05) is 12.1 Å². The summed E-state index contributed by atoms with van der Waals surface area (Å²) in [5.74, 6) is -0.0175. The second kappa shape index (κ2) is 10.1. The Labute approximate surface area is 174 Å². The summed E-state index contributed by atoms with van der Waals surface area (Å²) in [6.07, 6.45) is 1.06. The molecule has 0 saturated carbocycles. The highest BCUT2D eigenvalue weighted by Crippen LogP contribution is 2.22. The normalized spacial score (nSPS) is 19.9. The Morgan fingerprint density at radius 3 is 2.62 bits per heavy atom. The molecule has 0 unspecified atom stereocenters. The van der Waals surface area contributed by atoms with E-state index in [-0.39, 0.29) is 18.1 Å². The third-order valence-corrected chi connectivity index (χ3v) is 4.82. The molecule has 7 nitrogen and oxygen atoms in total. The first-order valence-electron chi connectivity index (χ1n) is 10.1. The summed E-state index contributed by atoms with van der Waals surface area (Å²) in [6.45, 7) is 7.17. The molecule has 1 aromatic carbocycles. The number of benzene rings is 1. The van der Waals surface area contributed by atoms with Crippen molar-refractivity contribution >= 4 is 12.0 Å². The number of carbonyl (C=O) groups is 2. The van der Waals surface area contributed by atoms with Gasteiger partial charge in [0.05, 0.1) is 12.1 Å². The highest BCUT2D eigenvalue weighted by Gasteiger charge is 2.33. The maximum atomic E-state index is 13.2. The van der Waals surface area contributed by atoms with E-state index in [1.807, 2.05) is 64.0 Å². The van der Waals surface area contributed by atoms with Crippen LogP contribution < -0.4 is 5.32 Å². The summed E-state index contributed by atoms with van der Waals surface area (Å²) in [4.78, 5) is 29.2. The molecule has 1 heterocycles. The van der Waals surface area contributed by atoms with Gasteiger partial charge >= 0.3 is 6.09 Å². The molecule has 0 spiro atoms. The third-order valence-electron chi connectivity index (χ3n) is 4.82. The Balaban J connectivity index is 2.11.